The fraction of sp³-hybridized carbons (Fsp3) is 0.950. The molecule has 14 nitrogen and oxygen atoms in total. The van der Waals surface area contributed by atoms with Crippen LogP contribution in [-0.2, 0) is 66.5 Å². The van der Waals surface area contributed by atoms with Gasteiger partial charge in [0.2, 0.25) is 0 Å². The van der Waals surface area contributed by atoms with Gasteiger partial charge in [-0.2, -0.15) is 0 Å². The SMILES string of the molecule is CCCCCCCCCCCCCC(=O)OCC(COCCOCCOC)OC(=O)CCCCCCCCCCCCC.CCCCCCCCCCCCCCCCCC(=O)OCC(COCCOCCOC)OC(=O)CCCCCCCCCCCCCCCCC. The van der Waals surface area contributed by atoms with Gasteiger partial charge in [-0.05, 0) is 25.7 Å². The van der Waals surface area contributed by atoms with Crippen LogP contribution >= 0.6 is 0 Å². The molecule has 0 radical (unpaired) electrons. The molecule has 0 bridgehead atoms. The lowest BCUT2D eigenvalue weighted by Gasteiger charge is -2.18. The molecule has 560 valence electrons. The highest BCUT2D eigenvalue weighted by atomic mass is 16.6. The van der Waals surface area contributed by atoms with Crippen LogP contribution in [0.15, 0.2) is 0 Å². The van der Waals surface area contributed by atoms with Crippen LogP contribution in [0.1, 0.15) is 387 Å². The highest BCUT2D eigenvalue weighted by Gasteiger charge is 2.20. The Hall–Kier alpha value is -2.36. The van der Waals surface area contributed by atoms with Crippen molar-refractivity contribution in [2.24, 2.45) is 0 Å². The van der Waals surface area contributed by atoms with Crippen LogP contribution in [0, 0.1) is 0 Å². The molecule has 0 aromatic heterocycles. The quantitative estimate of drug-likeness (QED) is 0.0321. The molecular weight excluding hydrogens is 1180 g/mol. The summed E-state index contributed by atoms with van der Waals surface area (Å²) in [4.78, 5) is 49.9. The first kappa shape index (κ1) is 93.7. The molecule has 0 spiro atoms. The van der Waals surface area contributed by atoms with Crippen LogP contribution in [0.25, 0.3) is 0 Å². The second kappa shape index (κ2) is 83.1. The zero-order valence-electron chi connectivity index (χ0n) is 63.0. The van der Waals surface area contributed by atoms with E-state index in [0.29, 0.717) is 78.5 Å². The number of carbonyl (C=O) groups is 4. The minimum atomic E-state index is -0.599. The maximum absolute atomic E-state index is 12.6. The Balaban J connectivity index is 0. The normalized spacial score (nSPS) is 12.0. The molecule has 0 saturated carbocycles. The van der Waals surface area contributed by atoms with Crippen LogP contribution in [0.2, 0.25) is 0 Å². The first-order valence-electron chi connectivity index (χ1n) is 40.3. The number of hydrogen-bond donors (Lipinski definition) is 0. The first-order chi connectivity index (χ1) is 46.3. The van der Waals surface area contributed by atoms with Crippen molar-refractivity contribution in [1.29, 1.82) is 0 Å². The van der Waals surface area contributed by atoms with Crippen molar-refractivity contribution < 1.29 is 66.5 Å². The Labute approximate surface area is 580 Å². The summed E-state index contributed by atoms with van der Waals surface area (Å²) >= 11 is 0. The Kier molecular flexibility index (Phi) is 82.8. The van der Waals surface area contributed by atoms with E-state index in [1.54, 1.807) is 14.2 Å². The van der Waals surface area contributed by atoms with Gasteiger partial charge in [0.15, 0.2) is 12.2 Å². The van der Waals surface area contributed by atoms with Crippen LogP contribution in [-0.4, -0.2) is 130 Å². The molecule has 0 aliphatic carbocycles. The largest absolute Gasteiger partial charge is 0.462 e. The van der Waals surface area contributed by atoms with Gasteiger partial charge in [0.05, 0.1) is 66.1 Å². The molecule has 94 heavy (non-hydrogen) atoms. The molecule has 0 aliphatic heterocycles. The smallest absolute Gasteiger partial charge is 0.306 e. The van der Waals surface area contributed by atoms with Crippen LogP contribution in [0.5, 0.6) is 0 Å². The molecule has 0 aromatic rings. The average Bonchev–Trinajstić information content (AvgIpc) is 3.64. The van der Waals surface area contributed by atoms with E-state index in [4.69, 9.17) is 47.4 Å². The summed E-state index contributed by atoms with van der Waals surface area (Å²) in [6.07, 6.45) is 66.4. The second-order valence-electron chi connectivity index (χ2n) is 26.9. The first-order valence-corrected chi connectivity index (χ1v) is 40.3. The number of hydrogen-bond acceptors (Lipinski definition) is 14. The van der Waals surface area contributed by atoms with Crippen molar-refractivity contribution in [3.63, 3.8) is 0 Å². The molecule has 14 heteroatoms. The fourth-order valence-corrected chi connectivity index (χ4v) is 11.5. The number of unbranched alkanes of at least 4 members (excludes halogenated alkanes) is 48. The maximum atomic E-state index is 12.6. The van der Waals surface area contributed by atoms with Gasteiger partial charge in [-0.1, -0.05) is 336 Å². The van der Waals surface area contributed by atoms with Gasteiger partial charge in [-0.3, -0.25) is 19.2 Å². The Morgan fingerprint density at radius 1 is 0.213 bits per heavy atom. The van der Waals surface area contributed by atoms with Gasteiger partial charge in [0.25, 0.3) is 0 Å². The van der Waals surface area contributed by atoms with E-state index < -0.39 is 12.2 Å². The summed E-state index contributed by atoms with van der Waals surface area (Å²) in [6, 6.07) is 0. The summed E-state index contributed by atoms with van der Waals surface area (Å²) in [5, 5.41) is 0. The number of rotatable bonds is 78. The lowest BCUT2D eigenvalue weighted by Crippen LogP contribution is -2.30. The minimum absolute atomic E-state index is 0.0331. The van der Waals surface area contributed by atoms with Crippen molar-refractivity contribution >= 4 is 23.9 Å². The Morgan fingerprint density at radius 2 is 0.394 bits per heavy atom. The molecule has 2 atom stereocenters. The van der Waals surface area contributed by atoms with Crippen molar-refractivity contribution in [1.82, 2.24) is 0 Å². The summed E-state index contributed by atoms with van der Waals surface area (Å²) in [5.74, 6) is -0.948. The summed E-state index contributed by atoms with van der Waals surface area (Å²) in [5.41, 5.74) is 0. The van der Waals surface area contributed by atoms with E-state index in [1.165, 1.54) is 270 Å². The zero-order valence-corrected chi connectivity index (χ0v) is 63.0. The minimum Gasteiger partial charge on any atom is -0.462 e. The van der Waals surface area contributed by atoms with Crippen molar-refractivity contribution in [2.75, 3.05) is 93.5 Å². The van der Waals surface area contributed by atoms with E-state index in [2.05, 4.69) is 27.7 Å². The molecule has 2 unspecified atom stereocenters. The molecule has 0 rings (SSSR count). The van der Waals surface area contributed by atoms with E-state index in [-0.39, 0.29) is 50.3 Å². The van der Waals surface area contributed by atoms with E-state index in [9.17, 15) is 19.2 Å². The molecule has 0 heterocycles. The summed E-state index contributed by atoms with van der Waals surface area (Å²) in [7, 11) is 3.27. The van der Waals surface area contributed by atoms with E-state index in [0.717, 1.165) is 64.2 Å². The molecule has 0 fully saturated rings. The maximum Gasteiger partial charge on any atom is 0.306 e. The molecule has 0 N–H and O–H groups in total. The van der Waals surface area contributed by atoms with Crippen LogP contribution in [0.4, 0.5) is 0 Å². The monoisotopic (exact) mass is 1340 g/mol. The number of esters is 4. The van der Waals surface area contributed by atoms with Crippen molar-refractivity contribution in [2.45, 2.75) is 399 Å². The van der Waals surface area contributed by atoms with Gasteiger partial charge in [0.1, 0.15) is 13.2 Å². The topological polar surface area (TPSA) is 161 Å². The van der Waals surface area contributed by atoms with Gasteiger partial charge in [-0.15, -0.1) is 0 Å². The van der Waals surface area contributed by atoms with Crippen LogP contribution < -0.4 is 0 Å². The highest BCUT2D eigenvalue weighted by molar-refractivity contribution is 5.71. The summed E-state index contributed by atoms with van der Waals surface area (Å²) < 4.78 is 54.5. The lowest BCUT2D eigenvalue weighted by molar-refractivity contribution is -0.163. The Bertz CT molecular complexity index is 1500. The summed E-state index contributed by atoms with van der Waals surface area (Å²) in [6.45, 7) is 13.2. The average molecular weight is 1340 g/mol. The lowest BCUT2D eigenvalue weighted by atomic mass is 10.0. The van der Waals surface area contributed by atoms with Crippen molar-refractivity contribution in [3.05, 3.63) is 0 Å². The molecule has 0 aliphatic rings. The van der Waals surface area contributed by atoms with Gasteiger partial charge in [-0.25, -0.2) is 0 Å². The molecule has 0 saturated heterocycles. The van der Waals surface area contributed by atoms with Crippen LogP contribution in [0.3, 0.4) is 0 Å². The van der Waals surface area contributed by atoms with Gasteiger partial charge >= 0.3 is 23.9 Å². The third-order valence-electron chi connectivity index (χ3n) is 17.6. The predicted octanol–water partition coefficient (Wildman–Crippen LogP) is 22.2. The van der Waals surface area contributed by atoms with Crippen molar-refractivity contribution in [3.8, 4) is 0 Å². The molecular formula is C80H156O14. The van der Waals surface area contributed by atoms with E-state index >= 15 is 0 Å². The zero-order chi connectivity index (χ0) is 68.6. The molecule has 0 aromatic carbocycles. The third-order valence-corrected chi connectivity index (χ3v) is 17.6. The number of carbonyl (C=O) groups excluding carboxylic acids is 4. The van der Waals surface area contributed by atoms with E-state index in [1.807, 2.05) is 0 Å². The van der Waals surface area contributed by atoms with Gasteiger partial charge < -0.3 is 47.4 Å². The predicted molar refractivity (Wildman–Crippen MR) is 390 cm³/mol. The fourth-order valence-electron chi connectivity index (χ4n) is 11.5. The number of ether oxygens (including phenoxy) is 10. The molecule has 0 amide bonds. The third kappa shape index (κ3) is 80.3. The standard InChI is InChI=1S/C44H86O7.C36H70O7/c1-4-6-8-10-12-14-16-18-20-22-24-26-28-30-32-34-43(45)50-41-42(40-49-39-38-48-37-36-47-3)51-44(46)35-33-31-29-27-25-23-21-19-17-15-13-11-9-7-5-2;1-4-6-8-10-12-14-16-18-20-22-24-26-35(37)42-33-34(32-41-31-30-40-29-28-39-3)43-36(38)27-25-23-21-19-17-15-13-11-9-7-5-2/h42H,4-41H2,1-3H3;34H,4-33H2,1-3H3. The second-order valence-corrected chi connectivity index (χ2v) is 26.9. The highest BCUT2D eigenvalue weighted by Crippen LogP contribution is 2.19. The van der Waals surface area contributed by atoms with Gasteiger partial charge in [0, 0.05) is 39.9 Å². The number of methoxy groups -OCH3 is 2. The Morgan fingerprint density at radius 3 is 0.606 bits per heavy atom.